The standard InChI is InChI=1S/C20H15ClFNO3S/c1-13-5-8-17(9-6-13)27(25,26)23-19-10-7-15(21)12-18(19)20(24)14-3-2-4-16(22)11-14/h2-12,23H,1H3. The number of anilines is 1. The Hall–Kier alpha value is -2.70. The molecule has 0 aliphatic heterocycles. The van der Waals surface area contributed by atoms with Gasteiger partial charge in [0.2, 0.25) is 0 Å². The van der Waals surface area contributed by atoms with Gasteiger partial charge in [0.05, 0.1) is 10.6 Å². The van der Waals surface area contributed by atoms with Crippen LogP contribution in [0.3, 0.4) is 0 Å². The van der Waals surface area contributed by atoms with Crippen molar-refractivity contribution in [2.45, 2.75) is 11.8 Å². The van der Waals surface area contributed by atoms with Crippen LogP contribution in [0.15, 0.2) is 71.6 Å². The van der Waals surface area contributed by atoms with Gasteiger partial charge in [-0.2, -0.15) is 0 Å². The van der Waals surface area contributed by atoms with Crippen LogP contribution in [0.4, 0.5) is 10.1 Å². The van der Waals surface area contributed by atoms with Crippen molar-refractivity contribution in [1.82, 2.24) is 0 Å². The maximum Gasteiger partial charge on any atom is 0.261 e. The summed E-state index contributed by atoms with van der Waals surface area (Å²) in [6.45, 7) is 1.85. The van der Waals surface area contributed by atoms with E-state index in [1.165, 1.54) is 48.5 Å². The number of halogens is 2. The lowest BCUT2D eigenvalue weighted by Crippen LogP contribution is -2.16. The molecule has 3 aromatic rings. The molecule has 0 saturated heterocycles. The largest absolute Gasteiger partial charge is 0.289 e. The third kappa shape index (κ3) is 4.35. The van der Waals surface area contributed by atoms with Crippen molar-refractivity contribution >= 4 is 33.1 Å². The molecule has 0 saturated carbocycles. The summed E-state index contributed by atoms with van der Waals surface area (Å²) in [7, 11) is -3.91. The van der Waals surface area contributed by atoms with Crippen LogP contribution >= 0.6 is 11.6 Å². The van der Waals surface area contributed by atoms with Crippen LogP contribution in [0.1, 0.15) is 21.5 Å². The summed E-state index contributed by atoms with van der Waals surface area (Å²) < 4.78 is 41.2. The molecule has 4 nitrogen and oxygen atoms in total. The van der Waals surface area contributed by atoms with Crippen molar-refractivity contribution < 1.29 is 17.6 Å². The first kappa shape index (κ1) is 19.1. The van der Waals surface area contributed by atoms with Gasteiger partial charge in [-0.25, -0.2) is 12.8 Å². The fourth-order valence-corrected chi connectivity index (χ4v) is 3.75. The lowest BCUT2D eigenvalue weighted by molar-refractivity contribution is 0.103. The third-order valence-electron chi connectivity index (χ3n) is 3.89. The molecule has 0 bridgehead atoms. The molecular formula is C20H15ClFNO3S. The molecule has 0 atom stereocenters. The predicted molar refractivity (Wildman–Crippen MR) is 103 cm³/mol. The molecule has 0 aliphatic rings. The van der Waals surface area contributed by atoms with E-state index in [2.05, 4.69) is 4.72 Å². The van der Waals surface area contributed by atoms with Crippen molar-refractivity contribution in [2.24, 2.45) is 0 Å². The first-order valence-corrected chi connectivity index (χ1v) is 9.82. The highest BCUT2D eigenvalue weighted by Crippen LogP contribution is 2.26. The highest BCUT2D eigenvalue weighted by molar-refractivity contribution is 7.92. The lowest BCUT2D eigenvalue weighted by Gasteiger charge is -2.13. The molecule has 0 radical (unpaired) electrons. The number of carbonyl (C=O) groups is 1. The number of rotatable bonds is 5. The van der Waals surface area contributed by atoms with Gasteiger partial charge in [-0.3, -0.25) is 9.52 Å². The van der Waals surface area contributed by atoms with E-state index in [0.29, 0.717) is 0 Å². The van der Waals surface area contributed by atoms with Gasteiger partial charge in [0.1, 0.15) is 5.82 Å². The molecule has 3 aromatic carbocycles. The van der Waals surface area contributed by atoms with Gasteiger partial charge in [0.15, 0.2) is 5.78 Å². The summed E-state index contributed by atoms with van der Waals surface area (Å²) in [4.78, 5) is 12.8. The molecule has 0 spiro atoms. The van der Waals surface area contributed by atoms with Crippen LogP contribution in [0, 0.1) is 12.7 Å². The van der Waals surface area contributed by atoms with Crippen LogP contribution in [0.5, 0.6) is 0 Å². The molecule has 7 heteroatoms. The first-order chi connectivity index (χ1) is 12.8. The van der Waals surface area contributed by atoms with E-state index >= 15 is 0 Å². The topological polar surface area (TPSA) is 63.2 Å². The van der Waals surface area contributed by atoms with Crippen molar-refractivity contribution in [3.63, 3.8) is 0 Å². The monoisotopic (exact) mass is 403 g/mol. The smallest absolute Gasteiger partial charge is 0.261 e. The Labute approximate surface area is 161 Å². The van der Waals surface area contributed by atoms with Gasteiger partial charge >= 0.3 is 0 Å². The van der Waals surface area contributed by atoms with Gasteiger partial charge in [0, 0.05) is 16.1 Å². The molecule has 0 fully saturated rings. The predicted octanol–water partition coefficient (Wildman–Crippen LogP) is 4.82. The maximum atomic E-state index is 13.5. The molecule has 138 valence electrons. The van der Waals surface area contributed by atoms with Gasteiger partial charge in [0.25, 0.3) is 10.0 Å². The van der Waals surface area contributed by atoms with E-state index in [4.69, 9.17) is 11.6 Å². The number of benzene rings is 3. The molecule has 3 rings (SSSR count). The van der Waals surface area contributed by atoms with Crippen LogP contribution < -0.4 is 4.72 Å². The van der Waals surface area contributed by atoms with E-state index in [-0.39, 0.29) is 26.7 Å². The Bertz CT molecular complexity index is 1110. The lowest BCUT2D eigenvalue weighted by atomic mass is 10.0. The summed E-state index contributed by atoms with van der Waals surface area (Å²) in [5.74, 6) is -1.11. The number of hydrogen-bond donors (Lipinski definition) is 1. The Morgan fingerprint density at radius 1 is 1.00 bits per heavy atom. The van der Waals surface area contributed by atoms with Crippen molar-refractivity contribution in [1.29, 1.82) is 0 Å². The minimum Gasteiger partial charge on any atom is -0.289 e. The quantitative estimate of drug-likeness (QED) is 0.621. The van der Waals surface area contributed by atoms with Crippen molar-refractivity contribution in [3.8, 4) is 0 Å². The zero-order chi connectivity index (χ0) is 19.6. The number of ketones is 1. The number of sulfonamides is 1. The average Bonchev–Trinajstić information content (AvgIpc) is 2.63. The highest BCUT2D eigenvalue weighted by Gasteiger charge is 2.20. The maximum absolute atomic E-state index is 13.5. The second kappa shape index (κ2) is 7.50. The molecule has 0 aliphatic carbocycles. The Morgan fingerprint density at radius 3 is 2.37 bits per heavy atom. The summed E-state index contributed by atoms with van der Waals surface area (Å²) in [6.07, 6.45) is 0. The molecule has 0 aromatic heterocycles. The van der Waals surface area contributed by atoms with Crippen molar-refractivity contribution in [3.05, 3.63) is 94.3 Å². The molecule has 27 heavy (non-hydrogen) atoms. The summed E-state index contributed by atoms with van der Waals surface area (Å²) in [5, 5.41) is 0.257. The van der Waals surface area contributed by atoms with Gasteiger partial charge in [-0.1, -0.05) is 41.4 Å². The molecule has 0 amide bonds. The van der Waals surface area contributed by atoms with Crippen LogP contribution in [-0.2, 0) is 10.0 Å². The van der Waals surface area contributed by atoms with Gasteiger partial charge < -0.3 is 0 Å². The second-order valence-corrected chi connectivity index (χ2v) is 8.07. The van der Waals surface area contributed by atoms with Crippen LogP contribution in [0.2, 0.25) is 5.02 Å². The SMILES string of the molecule is Cc1ccc(S(=O)(=O)Nc2ccc(Cl)cc2C(=O)c2cccc(F)c2)cc1. The number of nitrogens with one attached hydrogen (secondary N) is 1. The minimum atomic E-state index is -3.91. The highest BCUT2D eigenvalue weighted by atomic mass is 35.5. The fourth-order valence-electron chi connectivity index (χ4n) is 2.50. The van der Waals surface area contributed by atoms with Crippen molar-refractivity contribution in [2.75, 3.05) is 4.72 Å². The Balaban J connectivity index is 2.02. The Kier molecular flexibility index (Phi) is 5.30. The van der Waals surface area contributed by atoms with Gasteiger partial charge in [-0.05, 0) is 49.4 Å². The first-order valence-electron chi connectivity index (χ1n) is 7.95. The van der Waals surface area contributed by atoms with E-state index in [9.17, 15) is 17.6 Å². The Morgan fingerprint density at radius 2 is 1.70 bits per heavy atom. The van der Waals surface area contributed by atoms with E-state index < -0.39 is 21.6 Å². The molecule has 0 heterocycles. The van der Waals surface area contributed by atoms with Crippen LogP contribution in [0.25, 0.3) is 0 Å². The number of carbonyl (C=O) groups excluding carboxylic acids is 1. The molecule has 0 unspecified atom stereocenters. The zero-order valence-corrected chi connectivity index (χ0v) is 15.8. The van der Waals surface area contributed by atoms with Crippen LogP contribution in [-0.4, -0.2) is 14.2 Å². The number of aryl methyl sites for hydroxylation is 1. The molecule has 1 N–H and O–H groups in total. The van der Waals surface area contributed by atoms with Gasteiger partial charge in [-0.15, -0.1) is 0 Å². The summed E-state index contributed by atoms with van der Waals surface area (Å²) >= 11 is 5.98. The van der Waals surface area contributed by atoms with E-state index in [0.717, 1.165) is 11.6 Å². The fraction of sp³-hybridized carbons (Fsp3) is 0.0500. The third-order valence-corrected chi connectivity index (χ3v) is 5.51. The van der Waals surface area contributed by atoms with E-state index in [1.807, 2.05) is 6.92 Å². The zero-order valence-electron chi connectivity index (χ0n) is 14.2. The average molecular weight is 404 g/mol. The van der Waals surface area contributed by atoms with E-state index in [1.54, 1.807) is 12.1 Å². The number of hydrogen-bond acceptors (Lipinski definition) is 3. The summed E-state index contributed by atoms with van der Waals surface area (Å²) in [6, 6.07) is 15.7. The minimum absolute atomic E-state index is 0.0313. The summed E-state index contributed by atoms with van der Waals surface area (Å²) in [5.41, 5.74) is 1.11. The molecular weight excluding hydrogens is 389 g/mol. The second-order valence-electron chi connectivity index (χ2n) is 5.95. The normalized spacial score (nSPS) is 11.2.